The second kappa shape index (κ2) is 4.30. The van der Waals surface area contributed by atoms with Crippen LogP contribution in [0.25, 0.3) is 0 Å². The van der Waals surface area contributed by atoms with Crippen molar-refractivity contribution in [2.75, 3.05) is 19.8 Å². The third-order valence-electron chi connectivity index (χ3n) is 2.52. The van der Waals surface area contributed by atoms with E-state index in [1.165, 1.54) is 0 Å². The van der Waals surface area contributed by atoms with Crippen molar-refractivity contribution in [1.82, 2.24) is 5.32 Å². The number of benzene rings is 1. The summed E-state index contributed by atoms with van der Waals surface area (Å²) in [6.07, 6.45) is 0. The van der Waals surface area contributed by atoms with Crippen molar-refractivity contribution < 1.29 is 4.74 Å². The maximum Gasteiger partial charge on any atom is 0.0662 e. The lowest BCUT2D eigenvalue weighted by molar-refractivity contribution is 0.0769. The maximum absolute atomic E-state index is 6.23. The highest BCUT2D eigenvalue weighted by Crippen LogP contribution is 2.27. The molecule has 2 nitrogen and oxygen atoms in total. The highest BCUT2D eigenvalue weighted by Gasteiger charge is 2.17. The normalized spacial score (nSPS) is 22.3. The molecule has 1 aromatic carbocycles. The van der Waals surface area contributed by atoms with E-state index in [1.807, 2.05) is 19.1 Å². The van der Waals surface area contributed by atoms with Gasteiger partial charge >= 0.3 is 0 Å². The Balaban J connectivity index is 2.26. The number of halogens is 1. The van der Waals surface area contributed by atoms with E-state index in [0.717, 1.165) is 29.3 Å². The molecule has 0 aliphatic carbocycles. The molecule has 0 radical (unpaired) electrons. The molecule has 1 aliphatic heterocycles. The highest BCUT2D eigenvalue weighted by molar-refractivity contribution is 6.32. The summed E-state index contributed by atoms with van der Waals surface area (Å²) in [7, 11) is 0. The first-order valence-electron chi connectivity index (χ1n) is 4.85. The molecule has 0 amide bonds. The minimum absolute atomic E-state index is 0.246. The lowest BCUT2D eigenvalue weighted by atomic mass is 10.0. The van der Waals surface area contributed by atoms with Gasteiger partial charge in [0.2, 0.25) is 0 Å². The third kappa shape index (κ3) is 1.92. The maximum atomic E-state index is 6.23. The second-order valence-electron chi connectivity index (χ2n) is 3.56. The van der Waals surface area contributed by atoms with Crippen LogP contribution in [0.4, 0.5) is 0 Å². The Bertz CT molecular complexity index is 321. The van der Waals surface area contributed by atoms with E-state index in [0.29, 0.717) is 6.61 Å². The molecule has 2 rings (SSSR count). The van der Waals surface area contributed by atoms with Crippen molar-refractivity contribution in [2.45, 2.75) is 13.0 Å². The fourth-order valence-electron chi connectivity index (χ4n) is 1.70. The van der Waals surface area contributed by atoms with Gasteiger partial charge in [-0.05, 0) is 18.1 Å². The summed E-state index contributed by atoms with van der Waals surface area (Å²) in [5, 5.41) is 4.25. The minimum atomic E-state index is 0.246. The fourth-order valence-corrected chi connectivity index (χ4v) is 1.96. The van der Waals surface area contributed by atoms with Gasteiger partial charge in [0.15, 0.2) is 0 Å². The van der Waals surface area contributed by atoms with Crippen LogP contribution in [0.2, 0.25) is 5.02 Å². The average molecular weight is 212 g/mol. The Hall–Kier alpha value is -0.570. The second-order valence-corrected chi connectivity index (χ2v) is 3.94. The molecule has 1 aromatic rings. The summed E-state index contributed by atoms with van der Waals surface area (Å²) in [6.45, 7) is 4.42. The molecule has 1 saturated heterocycles. The van der Waals surface area contributed by atoms with Crippen molar-refractivity contribution >= 4 is 11.6 Å². The van der Waals surface area contributed by atoms with Crippen molar-refractivity contribution in [3.63, 3.8) is 0 Å². The topological polar surface area (TPSA) is 21.3 Å². The lowest BCUT2D eigenvalue weighted by Gasteiger charge is -2.25. The van der Waals surface area contributed by atoms with E-state index < -0.39 is 0 Å². The number of ether oxygens (including phenoxy) is 1. The Kier molecular flexibility index (Phi) is 3.06. The number of morpholine rings is 1. The molecule has 0 bridgehead atoms. The Labute approximate surface area is 89.2 Å². The molecule has 1 fully saturated rings. The van der Waals surface area contributed by atoms with Gasteiger partial charge in [0, 0.05) is 11.6 Å². The van der Waals surface area contributed by atoms with Gasteiger partial charge in [0.05, 0.1) is 19.3 Å². The van der Waals surface area contributed by atoms with Crippen LogP contribution < -0.4 is 5.32 Å². The summed E-state index contributed by atoms with van der Waals surface area (Å²) in [4.78, 5) is 0. The Morgan fingerprint density at radius 1 is 1.50 bits per heavy atom. The van der Waals surface area contributed by atoms with Crippen LogP contribution in [0.15, 0.2) is 18.2 Å². The SMILES string of the molecule is Cc1cccc(C2COCCN2)c1Cl. The number of hydrogen-bond acceptors (Lipinski definition) is 2. The summed E-state index contributed by atoms with van der Waals surface area (Å²) in [6, 6.07) is 6.36. The number of rotatable bonds is 1. The van der Waals surface area contributed by atoms with Crippen molar-refractivity contribution in [3.8, 4) is 0 Å². The van der Waals surface area contributed by atoms with Crippen molar-refractivity contribution in [1.29, 1.82) is 0 Å². The molecule has 1 N–H and O–H groups in total. The van der Waals surface area contributed by atoms with Gasteiger partial charge in [0.25, 0.3) is 0 Å². The smallest absolute Gasteiger partial charge is 0.0662 e. The predicted molar refractivity (Wildman–Crippen MR) is 57.8 cm³/mol. The number of aryl methyl sites for hydroxylation is 1. The summed E-state index contributed by atoms with van der Waals surface area (Å²) in [5.41, 5.74) is 2.27. The first kappa shape index (κ1) is 9.97. The molecular weight excluding hydrogens is 198 g/mol. The molecule has 76 valence electrons. The first-order valence-corrected chi connectivity index (χ1v) is 5.23. The zero-order valence-corrected chi connectivity index (χ0v) is 8.97. The van der Waals surface area contributed by atoms with Gasteiger partial charge in [-0.15, -0.1) is 0 Å². The number of hydrogen-bond donors (Lipinski definition) is 1. The van der Waals surface area contributed by atoms with Crippen LogP contribution in [-0.2, 0) is 4.74 Å². The van der Waals surface area contributed by atoms with Gasteiger partial charge in [0.1, 0.15) is 0 Å². The largest absolute Gasteiger partial charge is 0.378 e. The molecule has 1 atom stereocenters. The molecule has 1 aliphatic rings. The highest BCUT2D eigenvalue weighted by atomic mass is 35.5. The molecular formula is C11H14ClNO. The van der Waals surface area contributed by atoms with E-state index in [1.54, 1.807) is 0 Å². The molecule has 14 heavy (non-hydrogen) atoms. The molecule has 1 heterocycles. The zero-order valence-electron chi connectivity index (χ0n) is 8.22. The third-order valence-corrected chi connectivity index (χ3v) is 3.04. The first-order chi connectivity index (χ1) is 6.79. The van der Waals surface area contributed by atoms with E-state index in [4.69, 9.17) is 16.3 Å². The Morgan fingerprint density at radius 2 is 2.36 bits per heavy atom. The standard InChI is InChI=1S/C11H14ClNO/c1-8-3-2-4-9(11(8)12)10-7-14-6-5-13-10/h2-4,10,13H,5-7H2,1H3. The summed E-state index contributed by atoms with van der Waals surface area (Å²) in [5.74, 6) is 0. The molecule has 0 spiro atoms. The molecule has 0 saturated carbocycles. The van der Waals surface area contributed by atoms with Crippen molar-refractivity contribution in [2.24, 2.45) is 0 Å². The van der Waals surface area contributed by atoms with E-state index >= 15 is 0 Å². The molecule has 0 aromatic heterocycles. The molecule has 1 unspecified atom stereocenters. The quantitative estimate of drug-likeness (QED) is 0.770. The van der Waals surface area contributed by atoms with Gasteiger partial charge in [-0.2, -0.15) is 0 Å². The van der Waals surface area contributed by atoms with Crippen LogP contribution in [0.3, 0.4) is 0 Å². The monoisotopic (exact) mass is 211 g/mol. The van der Waals surface area contributed by atoms with Gasteiger partial charge in [-0.25, -0.2) is 0 Å². The predicted octanol–water partition coefficient (Wildman–Crippen LogP) is 2.31. The fraction of sp³-hybridized carbons (Fsp3) is 0.455. The minimum Gasteiger partial charge on any atom is -0.378 e. The molecule has 3 heteroatoms. The van der Waals surface area contributed by atoms with Gasteiger partial charge in [-0.1, -0.05) is 29.8 Å². The lowest BCUT2D eigenvalue weighted by Crippen LogP contribution is -2.34. The van der Waals surface area contributed by atoms with Crippen molar-refractivity contribution in [3.05, 3.63) is 34.3 Å². The summed E-state index contributed by atoms with van der Waals surface area (Å²) < 4.78 is 5.41. The van der Waals surface area contributed by atoms with Gasteiger partial charge < -0.3 is 10.1 Å². The number of nitrogens with one attached hydrogen (secondary N) is 1. The average Bonchev–Trinajstić information content (AvgIpc) is 2.23. The van der Waals surface area contributed by atoms with E-state index in [2.05, 4.69) is 11.4 Å². The van der Waals surface area contributed by atoms with Crippen LogP contribution in [0, 0.1) is 6.92 Å². The van der Waals surface area contributed by atoms with Crippen LogP contribution in [0.5, 0.6) is 0 Å². The van der Waals surface area contributed by atoms with Crippen LogP contribution in [0.1, 0.15) is 17.2 Å². The van der Waals surface area contributed by atoms with Gasteiger partial charge in [-0.3, -0.25) is 0 Å². The zero-order chi connectivity index (χ0) is 9.97. The van der Waals surface area contributed by atoms with Crippen LogP contribution >= 0.6 is 11.6 Å². The van der Waals surface area contributed by atoms with E-state index in [9.17, 15) is 0 Å². The summed E-state index contributed by atoms with van der Waals surface area (Å²) >= 11 is 6.23. The Morgan fingerprint density at radius 3 is 3.07 bits per heavy atom. The van der Waals surface area contributed by atoms with E-state index in [-0.39, 0.29) is 6.04 Å². The van der Waals surface area contributed by atoms with Crippen LogP contribution in [-0.4, -0.2) is 19.8 Å².